The van der Waals surface area contributed by atoms with Gasteiger partial charge in [-0.25, -0.2) is 0 Å². The summed E-state index contributed by atoms with van der Waals surface area (Å²) in [4.78, 5) is 12.6. The van der Waals surface area contributed by atoms with Crippen molar-refractivity contribution in [1.82, 2.24) is 20.2 Å². The van der Waals surface area contributed by atoms with Crippen LogP contribution >= 0.6 is 0 Å². The molecule has 0 bridgehead atoms. The standard InChI is InChI=1S/C24H22N4O3/c1-17(29)31-16-19-7-11-20(12-8-19)22-5-3-4-6-23(22)24-25-27-28(26-24)15-18-9-13-21(30-2)14-10-18/h3-14H,15-16H2,1-2H3. The summed E-state index contributed by atoms with van der Waals surface area (Å²) in [6.07, 6.45) is 0. The Balaban J connectivity index is 1.55. The first-order valence-electron chi connectivity index (χ1n) is 9.85. The summed E-state index contributed by atoms with van der Waals surface area (Å²) in [7, 11) is 1.64. The quantitative estimate of drug-likeness (QED) is 0.423. The summed E-state index contributed by atoms with van der Waals surface area (Å²) in [5, 5.41) is 13.1. The number of methoxy groups -OCH3 is 1. The maximum absolute atomic E-state index is 11.0. The van der Waals surface area contributed by atoms with Crippen molar-refractivity contribution >= 4 is 5.97 Å². The van der Waals surface area contributed by atoms with E-state index < -0.39 is 0 Å². The van der Waals surface area contributed by atoms with E-state index in [1.165, 1.54) is 6.92 Å². The Hall–Kier alpha value is -4.00. The predicted octanol–water partition coefficient (Wildman–Crippen LogP) is 4.13. The average molecular weight is 414 g/mol. The van der Waals surface area contributed by atoms with E-state index >= 15 is 0 Å². The van der Waals surface area contributed by atoms with Crippen LogP contribution in [0.3, 0.4) is 0 Å². The molecular weight excluding hydrogens is 392 g/mol. The molecule has 0 amide bonds. The number of rotatable bonds is 7. The third kappa shape index (κ3) is 4.95. The van der Waals surface area contributed by atoms with Gasteiger partial charge in [-0.1, -0.05) is 60.7 Å². The Morgan fingerprint density at radius 2 is 1.58 bits per heavy atom. The number of carbonyl (C=O) groups excluding carboxylic acids is 1. The van der Waals surface area contributed by atoms with E-state index in [2.05, 4.69) is 15.4 Å². The van der Waals surface area contributed by atoms with Crippen LogP contribution in [0.1, 0.15) is 18.1 Å². The highest BCUT2D eigenvalue weighted by Crippen LogP contribution is 2.30. The molecule has 1 aromatic heterocycles. The molecule has 0 aliphatic heterocycles. The minimum atomic E-state index is -0.293. The first-order valence-corrected chi connectivity index (χ1v) is 9.85. The van der Waals surface area contributed by atoms with E-state index in [0.717, 1.165) is 33.6 Å². The van der Waals surface area contributed by atoms with Gasteiger partial charge in [0.25, 0.3) is 0 Å². The Labute approximate surface area is 180 Å². The molecule has 0 fully saturated rings. The molecule has 0 atom stereocenters. The van der Waals surface area contributed by atoms with Gasteiger partial charge in [-0.3, -0.25) is 4.79 Å². The average Bonchev–Trinajstić information content (AvgIpc) is 3.27. The Kier molecular flexibility index (Phi) is 6.03. The number of ether oxygens (including phenoxy) is 2. The van der Waals surface area contributed by atoms with Crippen LogP contribution in [0.5, 0.6) is 5.75 Å². The fourth-order valence-electron chi connectivity index (χ4n) is 3.21. The monoisotopic (exact) mass is 414 g/mol. The van der Waals surface area contributed by atoms with Gasteiger partial charge in [0.05, 0.1) is 13.7 Å². The highest BCUT2D eigenvalue weighted by atomic mass is 16.5. The first-order chi connectivity index (χ1) is 15.1. The number of carbonyl (C=O) groups is 1. The van der Waals surface area contributed by atoms with E-state index in [9.17, 15) is 4.79 Å². The molecule has 0 spiro atoms. The van der Waals surface area contributed by atoms with Crippen molar-refractivity contribution in [3.63, 3.8) is 0 Å². The first kappa shape index (κ1) is 20.3. The van der Waals surface area contributed by atoms with E-state index in [1.807, 2.05) is 72.8 Å². The number of hydrogen-bond donors (Lipinski definition) is 0. The molecule has 4 rings (SSSR count). The van der Waals surface area contributed by atoms with Crippen molar-refractivity contribution in [1.29, 1.82) is 0 Å². The molecule has 31 heavy (non-hydrogen) atoms. The number of tetrazole rings is 1. The number of benzene rings is 3. The highest BCUT2D eigenvalue weighted by Gasteiger charge is 2.12. The molecule has 156 valence electrons. The van der Waals surface area contributed by atoms with Crippen LogP contribution < -0.4 is 4.74 Å². The summed E-state index contributed by atoms with van der Waals surface area (Å²) >= 11 is 0. The molecule has 0 saturated heterocycles. The predicted molar refractivity (Wildman–Crippen MR) is 116 cm³/mol. The summed E-state index contributed by atoms with van der Waals surface area (Å²) in [5.41, 5.74) is 4.91. The van der Waals surface area contributed by atoms with Gasteiger partial charge in [-0.15, -0.1) is 10.2 Å². The maximum atomic E-state index is 11.0. The van der Waals surface area contributed by atoms with Crippen molar-refractivity contribution in [3.05, 3.63) is 83.9 Å². The Bertz CT molecular complexity index is 1170. The lowest BCUT2D eigenvalue weighted by atomic mass is 9.98. The van der Waals surface area contributed by atoms with Gasteiger partial charge in [0.1, 0.15) is 12.4 Å². The highest BCUT2D eigenvalue weighted by molar-refractivity contribution is 5.80. The van der Waals surface area contributed by atoms with Gasteiger partial charge >= 0.3 is 5.97 Å². The molecule has 0 N–H and O–H groups in total. The van der Waals surface area contributed by atoms with Crippen LogP contribution in [0, 0.1) is 0 Å². The van der Waals surface area contributed by atoms with Crippen molar-refractivity contribution < 1.29 is 14.3 Å². The zero-order valence-corrected chi connectivity index (χ0v) is 17.4. The summed E-state index contributed by atoms with van der Waals surface area (Å²) in [6, 6.07) is 23.6. The zero-order chi connectivity index (χ0) is 21.6. The van der Waals surface area contributed by atoms with Gasteiger partial charge in [0.2, 0.25) is 5.82 Å². The number of esters is 1. The van der Waals surface area contributed by atoms with Gasteiger partial charge in [0, 0.05) is 12.5 Å². The summed E-state index contributed by atoms with van der Waals surface area (Å²) < 4.78 is 10.2. The van der Waals surface area contributed by atoms with Crippen LogP contribution in [0.2, 0.25) is 0 Å². The van der Waals surface area contributed by atoms with Gasteiger partial charge in [-0.05, 0) is 39.6 Å². The summed E-state index contributed by atoms with van der Waals surface area (Å²) in [6.45, 7) is 2.18. The third-order valence-electron chi connectivity index (χ3n) is 4.81. The smallest absolute Gasteiger partial charge is 0.302 e. The lowest BCUT2D eigenvalue weighted by Gasteiger charge is -2.08. The molecule has 7 heteroatoms. The molecule has 7 nitrogen and oxygen atoms in total. The second kappa shape index (κ2) is 9.21. The van der Waals surface area contributed by atoms with Crippen molar-refractivity contribution in [2.75, 3.05) is 7.11 Å². The molecule has 4 aromatic rings. The number of nitrogens with zero attached hydrogens (tertiary/aromatic N) is 4. The van der Waals surface area contributed by atoms with Crippen LogP contribution in [-0.2, 0) is 22.7 Å². The molecule has 0 unspecified atom stereocenters. The van der Waals surface area contributed by atoms with E-state index in [4.69, 9.17) is 9.47 Å². The van der Waals surface area contributed by atoms with Crippen molar-refractivity contribution in [3.8, 4) is 28.3 Å². The molecular formula is C24H22N4O3. The molecule has 1 heterocycles. The second-order valence-electron chi connectivity index (χ2n) is 7.01. The second-order valence-corrected chi connectivity index (χ2v) is 7.01. The van der Waals surface area contributed by atoms with Gasteiger partial charge < -0.3 is 9.47 Å². The van der Waals surface area contributed by atoms with Crippen LogP contribution in [-0.4, -0.2) is 33.3 Å². The van der Waals surface area contributed by atoms with Crippen molar-refractivity contribution in [2.24, 2.45) is 0 Å². The molecule has 3 aromatic carbocycles. The van der Waals surface area contributed by atoms with Crippen LogP contribution in [0.15, 0.2) is 72.8 Å². The Morgan fingerprint density at radius 3 is 2.26 bits per heavy atom. The van der Waals surface area contributed by atoms with Gasteiger partial charge in [-0.2, -0.15) is 4.80 Å². The maximum Gasteiger partial charge on any atom is 0.302 e. The normalized spacial score (nSPS) is 10.6. The number of hydrogen-bond acceptors (Lipinski definition) is 6. The Morgan fingerprint density at radius 1 is 0.903 bits per heavy atom. The minimum Gasteiger partial charge on any atom is -0.497 e. The third-order valence-corrected chi connectivity index (χ3v) is 4.81. The SMILES string of the molecule is COc1ccc(Cn2nnc(-c3ccccc3-c3ccc(COC(C)=O)cc3)n2)cc1. The van der Waals surface area contributed by atoms with Crippen molar-refractivity contribution in [2.45, 2.75) is 20.1 Å². The molecule has 0 aliphatic rings. The van der Waals surface area contributed by atoms with Gasteiger partial charge in [0.15, 0.2) is 0 Å². The minimum absolute atomic E-state index is 0.262. The van der Waals surface area contributed by atoms with E-state index in [-0.39, 0.29) is 12.6 Å². The van der Waals surface area contributed by atoms with E-state index in [0.29, 0.717) is 12.4 Å². The number of aromatic nitrogens is 4. The molecule has 0 aliphatic carbocycles. The van der Waals surface area contributed by atoms with Crippen LogP contribution in [0.25, 0.3) is 22.5 Å². The van der Waals surface area contributed by atoms with Crippen LogP contribution in [0.4, 0.5) is 0 Å². The molecule has 0 radical (unpaired) electrons. The lowest BCUT2D eigenvalue weighted by Crippen LogP contribution is -2.04. The topological polar surface area (TPSA) is 79.1 Å². The zero-order valence-electron chi connectivity index (χ0n) is 17.4. The largest absolute Gasteiger partial charge is 0.497 e. The molecule has 0 saturated carbocycles. The lowest BCUT2D eigenvalue weighted by molar-refractivity contribution is -0.142. The summed E-state index contributed by atoms with van der Waals surface area (Å²) in [5.74, 6) is 1.08. The van der Waals surface area contributed by atoms with E-state index in [1.54, 1.807) is 11.9 Å². The fraction of sp³-hybridized carbons (Fsp3) is 0.167. The fourth-order valence-corrected chi connectivity index (χ4v) is 3.21.